The van der Waals surface area contributed by atoms with Gasteiger partial charge in [0.05, 0.1) is 15.2 Å². The lowest BCUT2D eigenvalue weighted by Gasteiger charge is -2.22. The van der Waals surface area contributed by atoms with Crippen molar-refractivity contribution in [3.63, 3.8) is 0 Å². The highest BCUT2D eigenvalue weighted by atomic mass is 79.9. The second kappa shape index (κ2) is 9.21. The molecule has 0 spiro atoms. The maximum absolute atomic E-state index is 13.4. The van der Waals surface area contributed by atoms with Crippen LogP contribution in [0.3, 0.4) is 0 Å². The van der Waals surface area contributed by atoms with E-state index in [1.807, 2.05) is 36.4 Å². The van der Waals surface area contributed by atoms with Gasteiger partial charge in [0.1, 0.15) is 17.5 Å². The topological polar surface area (TPSA) is 85.4 Å². The molecule has 0 bridgehead atoms. The maximum atomic E-state index is 13.4. The highest BCUT2D eigenvalue weighted by molar-refractivity contribution is 9.10. The highest BCUT2D eigenvalue weighted by Gasteiger charge is 2.25. The van der Waals surface area contributed by atoms with E-state index in [0.29, 0.717) is 17.5 Å². The number of hydrogen-bond acceptors (Lipinski definition) is 5. The number of thiazole rings is 1. The Hall–Kier alpha value is -2.81. The largest absolute Gasteiger partial charge is 0.443 e. The Labute approximate surface area is 203 Å². The van der Waals surface area contributed by atoms with Crippen molar-refractivity contribution in [2.24, 2.45) is 5.73 Å². The number of aliphatic hydroxyl groups excluding tert-OH is 1. The zero-order valence-electron chi connectivity index (χ0n) is 18.0. The first-order valence-corrected chi connectivity index (χ1v) is 11.8. The fraction of sp³-hybridized carbons (Fsp3) is 0.200. The Morgan fingerprint density at radius 3 is 2.58 bits per heavy atom. The van der Waals surface area contributed by atoms with E-state index in [4.69, 9.17) is 15.5 Å². The Morgan fingerprint density at radius 2 is 1.91 bits per heavy atom. The number of carbonyl (C=O) groups is 1. The van der Waals surface area contributed by atoms with Crippen LogP contribution in [0, 0.1) is 5.82 Å². The minimum absolute atomic E-state index is 0.357. The van der Waals surface area contributed by atoms with Gasteiger partial charge in [-0.2, -0.15) is 0 Å². The molecule has 0 aliphatic carbocycles. The molecule has 4 aromatic rings. The second-order valence-corrected chi connectivity index (χ2v) is 10.4. The number of amides is 1. The fourth-order valence-corrected chi connectivity index (χ4v) is 5.37. The monoisotopic (exact) mass is 528 g/mol. The Morgan fingerprint density at radius 1 is 1.18 bits per heavy atom. The lowest BCUT2D eigenvalue weighted by atomic mass is 9.96. The molecular formula is C25H22BrFN2O3S. The van der Waals surface area contributed by atoms with Gasteiger partial charge in [-0.3, -0.25) is 0 Å². The van der Waals surface area contributed by atoms with E-state index in [0.717, 1.165) is 30.8 Å². The first-order chi connectivity index (χ1) is 15.6. The number of carbonyl (C=O) groups excluding carboxylic acids is 1. The van der Waals surface area contributed by atoms with Crippen molar-refractivity contribution >= 4 is 43.6 Å². The standard InChI is InChI=1S/C25H22BrFN2O3S/c1-25(2,32-24(28)31)13-21-29-22-19(15-4-3-5-17(26)10-15)11-16(12-20(22)33-21)23(30)14-6-8-18(27)9-7-14/h3-12,23,30H,13H2,1-2H3,(H2,28,31). The molecule has 0 aliphatic rings. The molecule has 8 heteroatoms. The molecule has 3 aromatic carbocycles. The number of halogens is 2. The van der Waals surface area contributed by atoms with Gasteiger partial charge < -0.3 is 15.6 Å². The van der Waals surface area contributed by atoms with Gasteiger partial charge in [-0.05, 0) is 66.9 Å². The molecule has 170 valence electrons. The Balaban J connectivity index is 1.83. The predicted molar refractivity (Wildman–Crippen MR) is 132 cm³/mol. The summed E-state index contributed by atoms with van der Waals surface area (Å²) in [5, 5.41) is 11.8. The van der Waals surface area contributed by atoms with Crippen LogP contribution in [0.1, 0.15) is 36.1 Å². The van der Waals surface area contributed by atoms with Crippen molar-refractivity contribution in [2.75, 3.05) is 0 Å². The summed E-state index contributed by atoms with van der Waals surface area (Å²) in [5.41, 5.74) is 8.25. The van der Waals surface area contributed by atoms with E-state index in [9.17, 15) is 14.3 Å². The second-order valence-electron chi connectivity index (χ2n) is 8.34. The van der Waals surface area contributed by atoms with Crippen LogP contribution < -0.4 is 5.73 Å². The van der Waals surface area contributed by atoms with E-state index in [1.54, 1.807) is 26.0 Å². The fourth-order valence-electron chi connectivity index (χ4n) is 3.72. The SMILES string of the molecule is CC(C)(Cc1nc2c(-c3cccc(Br)c3)cc(C(O)c3ccc(F)cc3)cc2s1)OC(N)=O. The summed E-state index contributed by atoms with van der Waals surface area (Å²) in [6.45, 7) is 3.56. The van der Waals surface area contributed by atoms with Gasteiger partial charge in [0.15, 0.2) is 0 Å². The summed E-state index contributed by atoms with van der Waals surface area (Å²) < 4.78 is 20.4. The first-order valence-electron chi connectivity index (χ1n) is 10.2. The third-order valence-corrected chi connectivity index (χ3v) is 6.65. The normalized spacial score (nSPS) is 12.6. The minimum Gasteiger partial charge on any atom is -0.443 e. The van der Waals surface area contributed by atoms with Crippen molar-refractivity contribution < 1.29 is 19.0 Å². The van der Waals surface area contributed by atoms with Crippen LogP contribution in [-0.2, 0) is 11.2 Å². The number of benzene rings is 3. The summed E-state index contributed by atoms with van der Waals surface area (Å²) >= 11 is 4.99. The summed E-state index contributed by atoms with van der Waals surface area (Å²) in [4.78, 5) is 16.1. The van der Waals surface area contributed by atoms with Gasteiger partial charge in [-0.15, -0.1) is 11.3 Å². The number of nitrogens with two attached hydrogens (primary N) is 1. The molecule has 3 N–H and O–H groups in total. The summed E-state index contributed by atoms with van der Waals surface area (Å²) in [6, 6.07) is 17.5. The Kier molecular flexibility index (Phi) is 6.52. The van der Waals surface area contributed by atoms with Gasteiger partial charge in [0.25, 0.3) is 0 Å². The summed E-state index contributed by atoms with van der Waals surface area (Å²) in [7, 11) is 0. The average Bonchev–Trinajstić information content (AvgIpc) is 3.13. The molecule has 1 heterocycles. The number of aromatic nitrogens is 1. The van der Waals surface area contributed by atoms with Crippen molar-refractivity contribution in [3.8, 4) is 11.1 Å². The maximum Gasteiger partial charge on any atom is 0.405 e. The smallest absolute Gasteiger partial charge is 0.405 e. The number of nitrogens with zero attached hydrogens (tertiary/aromatic N) is 1. The third kappa shape index (κ3) is 5.40. The molecule has 0 saturated carbocycles. The van der Waals surface area contributed by atoms with E-state index in [1.165, 1.54) is 23.5 Å². The molecule has 1 unspecified atom stereocenters. The van der Waals surface area contributed by atoms with Gasteiger partial charge in [0.2, 0.25) is 0 Å². The average molecular weight is 529 g/mol. The number of ether oxygens (including phenoxy) is 1. The molecule has 0 fully saturated rings. The van der Waals surface area contributed by atoms with E-state index in [-0.39, 0.29) is 5.82 Å². The molecule has 0 saturated heterocycles. The van der Waals surface area contributed by atoms with E-state index >= 15 is 0 Å². The molecular weight excluding hydrogens is 507 g/mol. The molecule has 1 aromatic heterocycles. The number of hydrogen-bond donors (Lipinski definition) is 2. The predicted octanol–water partition coefficient (Wildman–Crippen LogP) is 6.36. The van der Waals surface area contributed by atoms with Crippen LogP contribution in [0.5, 0.6) is 0 Å². The lowest BCUT2D eigenvalue weighted by molar-refractivity contribution is 0.0460. The molecule has 1 atom stereocenters. The minimum atomic E-state index is -0.930. The number of primary amides is 1. The molecule has 0 aliphatic heterocycles. The van der Waals surface area contributed by atoms with Crippen molar-refractivity contribution in [3.05, 3.63) is 87.1 Å². The molecule has 33 heavy (non-hydrogen) atoms. The van der Waals surface area contributed by atoms with E-state index < -0.39 is 17.8 Å². The summed E-state index contributed by atoms with van der Waals surface area (Å²) in [5.74, 6) is -0.357. The molecule has 5 nitrogen and oxygen atoms in total. The van der Waals surface area contributed by atoms with Crippen LogP contribution >= 0.6 is 27.3 Å². The van der Waals surface area contributed by atoms with Gasteiger partial charge >= 0.3 is 6.09 Å². The summed E-state index contributed by atoms with van der Waals surface area (Å²) in [6.07, 6.45) is -1.37. The Bertz CT molecular complexity index is 1320. The number of rotatable bonds is 6. The van der Waals surface area contributed by atoms with Crippen molar-refractivity contribution in [2.45, 2.75) is 32.0 Å². The first kappa shape index (κ1) is 23.4. The molecule has 4 rings (SSSR count). The zero-order chi connectivity index (χ0) is 23.8. The van der Waals surface area contributed by atoms with Crippen molar-refractivity contribution in [1.82, 2.24) is 4.98 Å². The van der Waals surface area contributed by atoms with Gasteiger partial charge in [0, 0.05) is 16.5 Å². The van der Waals surface area contributed by atoms with Gasteiger partial charge in [-0.25, -0.2) is 14.2 Å². The van der Waals surface area contributed by atoms with Crippen LogP contribution in [0.4, 0.5) is 9.18 Å². The van der Waals surface area contributed by atoms with E-state index in [2.05, 4.69) is 15.9 Å². The highest BCUT2D eigenvalue weighted by Crippen LogP contribution is 2.38. The quantitative estimate of drug-likeness (QED) is 0.304. The van der Waals surface area contributed by atoms with Crippen LogP contribution in [0.25, 0.3) is 21.3 Å². The third-order valence-electron chi connectivity index (χ3n) is 5.15. The van der Waals surface area contributed by atoms with Crippen molar-refractivity contribution in [1.29, 1.82) is 0 Å². The zero-order valence-corrected chi connectivity index (χ0v) is 20.4. The lowest BCUT2D eigenvalue weighted by Crippen LogP contribution is -2.33. The number of fused-ring (bicyclic) bond motifs is 1. The molecule has 1 amide bonds. The van der Waals surface area contributed by atoms with Crippen LogP contribution in [0.2, 0.25) is 0 Å². The van der Waals surface area contributed by atoms with Gasteiger partial charge in [-0.1, -0.05) is 40.2 Å². The van der Waals surface area contributed by atoms with Crippen LogP contribution in [-0.4, -0.2) is 21.8 Å². The van der Waals surface area contributed by atoms with Crippen LogP contribution in [0.15, 0.2) is 65.1 Å². The number of aliphatic hydroxyl groups is 1. The molecule has 0 radical (unpaired) electrons.